The molecule has 2 fully saturated rings. The van der Waals surface area contributed by atoms with Gasteiger partial charge < -0.3 is 69.7 Å². The molecule has 1 aromatic heterocycles. The molecular formula is C27H30O15. The van der Waals surface area contributed by atoms with Gasteiger partial charge in [0, 0.05) is 17.7 Å². The number of benzene rings is 2. The number of hydrogen-bond donors (Lipinski definition) is 10. The van der Waals surface area contributed by atoms with E-state index in [1.54, 1.807) is 0 Å². The maximum absolute atomic E-state index is 13.0. The number of aromatic hydroxyl groups is 3. The Balaban J connectivity index is 1.53. The summed E-state index contributed by atoms with van der Waals surface area (Å²) >= 11 is 0. The molecule has 2 aliphatic heterocycles. The zero-order valence-electron chi connectivity index (χ0n) is 21.7. The highest BCUT2D eigenvalue weighted by molar-refractivity contribution is 5.89. The quantitative estimate of drug-likeness (QED) is 0.147. The molecule has 5 rings (SSSR count). The number of ether oxygens (including phenoxy) is 3. The van der Waals surface area contributed by atoms with Gasteiger partial charge in [-0.05, 0) is 24.3 Å². The van der Waals surface area contributed by atoms with E-state index < -0.39 is 97.0 Å². The fraction of sp³-hybridized carbons (Fsp3) is 0.444. The number of rotatable bonds is 6. The van der Waals surface area contributed by atoms with E-state index >= 15 is 0 Å². The predicted octanol–water partition coefficient (Wildman–Crippen LogP) is -2.08. The first-order valence-electron chi connectivity index (χ1n) is 12.9. The number of fused-ring (bicyclic) bond motifs is 1. The average molecular weight is 595 g/mol. The SMILES string of the molecule is O=c1cc(-c2ccc(O)cc2)oc2c(C3O[C@H](CO)[C@@H](O[C@@H]4O[C@H](CO)[C@@H](O)[C@H](O)[C@H]4O)[C@H](O)[C@H]3O)c(O)cc(O)c12. The van der Waals surface area contributed by atoms with E-state index in [0.717, 1.165) is 12.1 Å². The second-order valence-corrected chi connectivity index (χ2v) is 10.1. The van der Waals surface area contributed by atoms with Crippen molar-refractivity contribution in [2.24, 2.45) is 0 Å². The second-order valence-electron chi connectivity index (χ2n) is 10.1. The van der Waals surface area contributed by atoms with Crippen LogP contribution in [0.3, 0.4) is 0 Å². The van der Waals surface area contributed by atoms with Gasteiger partial charge in [0.25, 0.3) is 0 Å². The molecule has 2 saturated heterocycles. The summed E-state index contributed by atoms with van der Waals surface area (Å²) in [6.07, 6.45) is -17.1. The Morgan fingerprint density at radius 1 is 0.738 bits per heavy atom. The molecule has 10 atom stereocenters. The lowest BCUT2D eigenvalue weighted by Crippen LogP contribution is -2.63. The molecule has 15 nitrogen and oxygen atoms in total. The number of phenols is 3. The molecule has 0 amide bonds. The smallest absolute Gasteiger partial charge is 0.197 e. The van der Waals surface area contributed by atoms with E-state index in [9.17, 15) is 55.9 Å². The molecule has 0 bridgehead atoms. The normalized spacial score (nSPS) is 33.6. The third-order valence-electron chi connectivity index (χ3n) is 7.44. The van der Waals surface area contributed by atoms with Crippen molar-refractivity contribution in [1.82, 2.24) is 0 Å². The first kappa shape index (κ1) is 30.1. The highest BCUT2D eigenvalue weighted by Gasteiger charge is 2.51. The lowest BCUT2D eigenvalue weighted by Gasteiger charge is -2.46. The van der Waals surface area contributed by atoms with Crippen molar-refractivity contribution in [3.63, 3.8) is 0 Å². The molecule has 15 heteroatoms. The van der Waals surface area contributed by atoms with E-state index in [1.807, 2.05) is 0 Å². The maximum atomic E-state index is 13.0. The Labute approximate surface area is 236 Å². The highest BCUT2D eigenvalue weighted by Crippen LogP contribution is 2.44. The van der Waals surface area contributed by atoms with Gasteiger partial charge in [-0.2, -0.15) is 0 Å². The van der Waals surface area contributed by atoms with Crippen LogP contribution in [0.15, 0.2) is 45.6 Å². The largest absolute Gasteiger partial charge is 0.508 e. The minimum Gasteiger partial charge on any atom is -0.508 e. The summed E-state index contributed by atoms with van der Waals surface area (Å²) in [5.41, 5.74) is -1.14. The van der Waals surface area contributed by atoms with E-state index in [0.29, 0.717) is 5.56 Å². The van der Waals surface area contributed by atoms with Gasteiger partial charge in [0.05, 0.1) is 18.8 Å². The van der Waals surface area contributed by atoms with Gasteiger partial charge >= 0.3 is 0 Å². The maximum Gasteiger partial charge on any atom is 0.197 e. The Bertz CT molecular complexity index is 1470. The van der Waals surface area contributed by atoms with E-state index in [-0.39, 0.29) is 22.5 Å². The molecule has 3 aromatic rings. The van der Waals surface area contributed by atoms with Gasteiger partial charge in [-0.3, -0.25) is 4.79 Å². The Morgan fingerprint density at radius 2 is 1.40 bits per heavy atom. The van der Waals surface area contributed by atoms with E-state index in [1.165, 1.54) is 24.3 Å². The monoisotopic (exact) mass is 594 g/mol. The zero-order valence-corrected chi connectivity index (χ0v) is 21.7. The van der Waals surface area contributed by atoms with Crippen molar-refractivity contribution < 1.29 is 69.7 Å². The van der Waals surface area contributed by atoms with Crippen LogP contribution in [0.5, 0.6) is 17.2 Å². The van der Waals surface area contributed by atoms with Crippen molar-refractivity contribution in [2.75, 3.05) is 13.2 Å². The molecular weight excluding hydrogens is 564 g/mol. The number of aliphatic hydroxyl groups excluding tert-OH is 7. The van der Waals surface area contributed by atoms with Crippen molar-refractivity contribution in [3.05, 3.63) is 52.2 Å². The minimum atomic E-state index is -1.94. The van der Waals surface area contributed by atoms with Crippen molar-refractivity contribution in [3.8, 4) is 28.6 Å². The molecule has 3 heterocycles. The van der Waals surface area contributed by atoms with Crippen LogP contribution in [0.2, 0.25) is 0 Å². The molecule has 1 unspecified atom stereocenters. The molecule has 0 spiro atoms. The molecule has 0 aliphatic carbocycles. The fourth-order valence-corrected chi connectivity index (χ4v) is 5.19. The summed E-state index contributed by atoms with van der Waals surface area (Å²) in [7, 11) is 0. The van der Waals surface area contributed by atoms with Crippen molar-refractivity contribution in [1.29, 1.82) is 0 Å². The van der Waals surface area contributed by atoms with Gasteiger partial charge in [-0.1, -0.05) is 0 Å². The second kappa shape index (κ2) is 11.7. The van der Waals surface area contributed by atoms with E-state index in [4.69, 9.17) is 18.6 Å². The van der Waals surface area contributed by atoms with Crippen LogP contribution in [0.1, 0.15) is 11.7 Å². The molecule has 228 valence electrons. The van der Waals surface area contributed by atoms with Crippen molar-refractivity contribution >= 4 is 11.0 Å². The van der Waals surface area contributed by atoms with Gasteiger partial charge in [0.15, 0.2) is 17.3 Å². The Hall–Kier alpha value is -3.35. The number of aliphatic hydroxyl groups is 7. The van der Waals surface area contributed by atoms with Crippen LogP contribution in [-0.2, 0) is 14.2 Å². The first-order chi connectivity index (χ1) is 20.0. The molecule has 0 saturated carbocycles. The lowest BCUT2D eigenvalue weighted by atomic mass is 9.89. The summed E-state index contributed by atoms with van der Waals surface area (Å²) in [6, 6.07) is 7.46. The fourth-order valence-electron chi connectivity index (χ4n) is 5.19. The third-order valence-corrected chi connectivity index (χ3v) is 7.44. The summed E-state index contributed by atoms with van der Waals surface area (Å²) in [6.45, 7) is -1.60. The third kappa shape index (κ3) is 5.20. The summed E-state index contributed by atoms with van der Waals surface area (Å²) in [5.74, 6) is -1.42. The molecule has 2 aliphatic rings. The zero-order chi connectivity index (χ0) is 30.5. The summed E-state index contributed by atoms with van der Waals surface area (Å²) in [4.78, 5) is 13.0. The van der Waals surface area contributed by atoms with Crippen LogP contribution >= 0.6 is 0 Å². The standard InChI is InChI=1S/C27H30O15/c28-7-15-19(34)20(35)23(38)27(41-15)42-24-16(8-29)40-26(22(37)21(24)36)18-12(32)5-11(31)17-13(33)6-14(39-25(17)18)9-1-3-10(30)4-2-9/h1-6,15-16,19-24,26-32,34-38H,7-8H2/t15-,16-,19-,20+,21-,22-,23-,24-,26?,27+/m1/s1. The van der Waals surface area contributed by atoms with Gasteiger partial charge in [-0.15, -0.1) is 0 Å². The molecule has 42 heavy (non-hydrogen) atoms. The van der Waals surface area contributed by atoms with Crippen LogP contribution in [-0.4, -0.2) is 119 Å². The van der Waals surface area contributed by atoms with Crippen LogP contribution in [0, 0.1) is 0 Å². The van der Waals surface area contributed by atoms with Gasteiger partial charge in [-0.25, -0.2) is 0 Å². The van der Waals surface area contributed by atoms with Crippen LogP contribution in [0.25, 0.3) is 22.3 Å². The number of hydrogen-bond acceptors (Lipinski definition) is 15. The van der Waals surface area contributed by atoms with Crippen LogP contribution in [0.4, 0.5) is 0 Å². The van der Waals surface area contributed by atoms with Gasteiger partial charge in [0.1, 0.15) is 83.3 Å². The average Bonchev–Trinajstić information content (AvgIpc) is 2.96. The first-order valence-corrected chi connectivity index (χ1v) is 12.9. The topological polar surface area (TPSA) is 260 Å². The Morgan fingerprint density at radius 3 is 2.05 bits per heavy atom. The molecule has 0 radical (unpaired) electrons. The molecule has 10 N–H and O–H groups in total. The molecule has 2 aromatic carbocycles. The predicted molar refractivity (Wildman–Crippen MR) is 138 cm³/mol. The summed E-state index contributed by atoms with van der Waals surface area (Å²) in [5, 5.41) is 103. The van der Waals surface area contributed by atoms with Gasteiger partial charge in [0.2, 0.25) is 0 Å². The van der Waals surface area contributed by atoms with Crippen molar-refractivity contribution in [2.45, 2.75) is 61.2 Å². The minimum absolute atomic E-state index is 0.0351. The van der Waals surface area contributed by atoms with Crippen LogP contribution < -0.4 is 5.43 Å². The lowest BCUT2D eigenvalue weighted by molar-refractivity contribution is -0.342. The van der Waals surface area contributed by atoms with E-state index in [2.05, 4.69) is 0 Å². The Kier molecular flexibility index (Phi) is 8.41. The number of phenolic OH excluding ortho intramolecular Hbond substituents is 3. The summed E-state index contributed by atoms with van der Waals surface area (Å²) < 4.78 is 22.5. The highest BCUT2D eigenvalue weighted by atomic mass is 16.7.